The lowest BCUT2D eigenvalue weighted by atomic mass is 10.0. The first-order valence-corrected chi connectivity index (χ1v) is 7.21. The Bertz CT molecular complexity index is 547. The molecule has 1 aliphatic rings. The molecule has 0 bridgehead atoms. The van der Waals surface area contributed by atoms with Gasteiger partial charge in [0.25, 0.3) is 0 Å². The summed E-state index contributed by atoms with van der Waals surface area (Å²) in [7, 11) is 0. The van der Waals surface area contributed by atoms with E-state index in [1.165, 1.54) is 0 Å². The number of morpholine rings is 1. The summed E-state index contributed by atoms with van der Waals surface area (Å²) in [5.74, 6) is 0. The molecule has 0 saturated carbocycles. The molecule has 0 radical (unpaired) electrons. The minimum atomic E-state index is 0.0102. The normalized spacial score (nSPS) is 24.6. The Morgan fingerprint density at radius 2 is 2.30 bits per heavy atom. The van der Waals surface area contributed by atoms with Crippen molar-refractivity contribution in [1.82, 2.24) is 14.3 Å². The van der Waals surface area contributed by atoms with Crippen LogP contribution in [0, 0.1) is 0 Å². The lowest BCUT2D eigenvalue weighted by molar-refractivity contribution is -0.0801. The van der Waals surface area contributed by atoms with Crippen LogP contribution in [-0.2, 0) is 4.74 Å². The molecule has 2 atom stereocenters. The largest absolute Gasteiger partial charge is 0.374 e. The first kappa shape index (κ1) is 13.5. The highest BCUT2D eigenvalue weighted by Crippen LogP contribution is 2.30. The number of nitrogens with zero attached hydrogens (tertiary/aromatic N) is 3. The number of hydrogen-bond acceptors (Lipinski definition) is 4. The molecule has 20 heavy (non-hydrogen) atoms. The molecule has 2 N–H and O–H groups in total. The van der Waals surface area contributed by atoms with Crippen LogP contribution < -0.4 is 5.73 Å². The van der Waals surface area contributed by atoms with Crippen molar-refractivity contribution in [1.29, 1.82) is 0 Å². The summed E-state index contributed by atoms with van der Waals surface area (Å²) in [6, 6.07) is 6.61. The topological polar surface area (TPSA) is 55.8 Å². The standard InChI is InChI=1S/C15H22N4O/c1-11(2)19-7-8-20-13(9-16)15(19)12-10-18-6-4-3-5-14(18)17-12/h3-6,10-11,13,15H,7-9,16H2,1-2H3. The predicted molar refractivity (Wildman–Crippen MR) is 78.6 cm³/mol. The molecule has 2 aromatic rings. The number of pyridine rings is 1. The minimum absolute atomic E-state index is 0.0102. The van der Waals surface area contributed by atoms with Crippen LogP contribution in [0.5, 0.6) is 0 Å². The van der Waals surface area contributed by atoms with Crippen LogP contribution in [0.4, 0.5) is 0 Å². The maximum atomic E-state index is 5.90. The van der Waals surface area contributed by atoms with Gasteiger partial charge >= 0.3 is 0 Å². The SMILES string of the molecule is CC(C)N1CCOC(CN)C1c1cn2ccccc2n1. The fourth-order valence-corrected chi connectivity index (χ4v) is 2.99. The molecule has 1 aliphatic heterocycles. The van der Waals surface area contributed by atoms with E-state index in [0.29, 0.717) is 12.6 Å². The van der Waals surface area contributed by atoms with Gasteiger partial charge in [0, 0.05) is 31.5 Å². The Morgan fingerprint density at radius 1 is 1.45 bits per heavy atom. The number of imidazole rings is 1. The Kier molecular flexibility index (Phi) is 3.74. The van der Waals surface area contributed by atoms with Gasteiger partial charge in [-0.15, -0.1) is 0 Å². The van der Waals surface area contributed by atoms with Crippen LogP contribution in [-0.4, -0.2) is 46.1 Å². The van der Waals surface area contributed by atoms with Crippen LogP contribution in [0.25, 0.3) is 5.65 Å². The van der Waals surface area contributed by atoms with Gasteiger partial charge in [-0.3, -0.25) is 4.90 Å². The predicted octanol–water partition coefficient (Wildman–Crippen LogP) is 1.44. The van der Waals surface area contributed by atoms with Gasteiger partial charge in [0.05, 0.1) is 24.4 Å². The van der Waals surface area contributed by atoms with Crippen molar-refractivity contribution in [2.45, 2.75) is 32.0 Å². The maximum absolute atomic E-state index is 5.90. The van der Waals surface area contributed by atoms with Crippen LogP contribution in [0.2, 0.25) is 0 Å². The molecule has 2 aromatic heterocycles. The zero-order chi connectivity index (χ0) is 14.1. The minimum Gasteiger partial charge on any atom is -0.374 e. The molecule has 1 fully saturated rings. The van der Waals surface area contributed by atoms with E-state index in [9.17, 15) is 0 Å². The number of nitrogens with two attached hydrogens (primary N) is 1. The van der Waals surface area contributed by atoms with Crippen LogP contribution >= 0.6 is 0 Å². The Hall–Kier alpha value is -1.43. The van der Waals surface area contributed by atoms with Gasteiger partial charge in [0.2, 0.25) is 0 Å². The molecule has 3 heterocycles. The van der Waals surface area contributed by atoms with Gasteiger partial charge in [-0.2, -0.15) is 0 Å². The highest BCUT2D eigenvalue weighted by atomic mass is 16.5. The van der Waals surface area contributed by atoms with Gasteiger partial charge in [0.15, 0.2) is 0 Å². The third-order valence-corrected chi connectivity index (χ3v) is 3.97. The van der Waals surface area contributed by atoms with Crippen LogP contribution in [0.15, 0.2) is 30.6 Å². The fourth-order valence-electron chi connectivity index (χ4n) is 2.99. The Morgan fingerprint density at radius 3 is 3.00 bits per heavy atom. The molecule has 108 valence electrons. The second-order valence-corrected chi connectivity index (χ2v) is 5.55. The maximum Gasteiger partial charge on any atom is 0.137 e. The smallest absolute Gasteiger partial charge is 0.137 e. The van der Waals surface area contributed by atoms with E-state index in [2.05, 4.69) is 29.3 Å². The molecule has 5 heteroatoms. The lowest BCUT2D eigenvalue weighted by Gasteiger charge is -2.42. The monoisotopic (exact) mass is 274 g/mol. The van der Waals surface area contributed by atoms with E-state index in [1.807, 2.05) is 24.4 Å². The van der Waals surface area contributed by atoms with Crippen molar-refractivity contribution in [3.63, 3.8) is 0 Å². The fraction of sp³-hybridized carbons (Fsp3) is 0.533. The van der Waals surface area contributed by atoms with E-state index < -0.39 is 0 Å². The van der Waals surface area contributed by atoms with Crippen molar-refractivity contribution in [2.75, 3.05) is 19.7 Å². The lowest BCUT2D eigenvalue weighted by Crippen LogP contribution is -2.50. The summed E-state index contributed by atoms with van der Waals surface area (Å²) in [6.07, 6.45) is 4.12. The molecule has 2 unspecified atom stereocenters. The van der Waals surface area contributed by atoms with Crippen molar-refractivity contribution >= 4 is 5.65 Å². The summed E-state index contributed by atoms with van der Waals surface area (Å²) >= 11 is 0. The summed E-state index contributed by atoms with van der Waals surface area (Å²) in [5.41, 5.74) is 7.91. The van der Waals surface area contributed by atoms with E-state index in [1.54, 1.807) is 0 Å². The molecule has 1 saturated heterocycles. The summed E-state index contributed by atoms with van der Waals surface area (Å²) in [4.78, 5) is 7.19. The second-order valence-electron chi connectivity index (χ2n) is 5.55. The Balaban J connectivity index is 2.01. The molecule has 0 amide bonds. The van der Waals surface area contributed by atoms with Gasteiger partial charge in [0.1, 0.15) is 5.65 Å². The average Bonchev–Trinajstić information content (AvgIpc) is 2.89. The van der Waals surface area contributed by atoms with Gasteiger partial charge in [-0.05, 0) is 26.0 Å². The summed E-state index contributed by atoms with van der Waals surface area (Å²) in [5, 5.41) is 0. The molecular formula is C15H22N4O. The average molecular weight is 274 g/mol. The second kappa shape index (κ2) is 5.52. The van der Waals surface area contributed by atoms with E-state index in [-0.39, 0.29) is 12.1 Å². The zero-order valence-corrected chi connectivity index (χ0v) is 12.1. The van der Waals surface area contributed by atoms with Crippen LogP contribution in [0.3, 0.4) is 0 Å². The number of ether oxygens (including phenoxy) is 1. The van der Waals surface area contributed by atoms with Crippen LogP contribution in [0.1, 0.15) is 25.6 Å². The van der Waals surface area contributed by atoms with E-state index in [4.69, 9.17) is 15.5 Å². The van der Waals surface area contributed by atoms with E-state index in [0.717, 1.165) is 24.5 Å². The van der Waals surface area contributed by atoms with Gasteiger partial charge in [-0.1, -0.05) is 6.07 Å². The summed E-state index contributed by atoms with van der Waals surface area (Å²) in [6.45, 7) is 6.60. The van der Waals surface area contributed by atoms with Crippen molar-refractivity contribution < 1.29 is 4.74 Å². The highest BCUT2D eigenvalue weighted by Gasteiger charge is 2.35. The first-order valence-electron chi connectivity index (χ1n) is 7.21. The highest BCUT2D eigenvalue weighted by molar-refractivity contribution is 5.40. The van der Waals surface area contributed by atoms with Crippen molar-refractivity contribution in [3.8, 4) is 0 Å². The van der Waals surface area contributed by atoms with Gasteiger partial charge < -0.3 is 14.9 Å². The van der Waals surface area contributed by atoms with Gasteiger partial charge in [-0.25, -0.2) is 4.98 Å². The number of aromatic nitrogens is 2. The first-order chi connectivity index (χ1) is 9.70. The number of fused-ring (bicyclic) bond motifs is 1. The molecule has 0 aliphatic carbocycles. The molecular weight excluding hydrogens is 252 g/mol. The quantitative estimate of drug-likeness (QED) is 0.920. The summed E-state index contributed by atoms with van der Waals surface area (Å²) < 4.78 is 7.91. The third kappa shape index (κ3) is 2.32. The number of rotatable bonds is 3. The third-order valence-electron chi connectivity index (χ3n) is 3.97. The molecule has 3 rings (SSSR count). The Labute approximate surface area is 119 Å². The number of hydrogen-bond donors (Lipinski definition) is 1. The zero-order valence-electron chi connectivity index (χ0n) is 12.1. The van der Waals surface area contributed by atoms with Crippen molar-refractivity contribution in [2.24, 2.45) is 5.73 Å². The van der Waals surface area contributed by atoms with E-state index >= 15 is 0 Å². The van der Waals surface area contributed by atoms with Crippen molar-refractivity contribution in [3.05, 3.63) is 36.3 Å². The molecule has 0 spiro atoms. The molecule has 0 aromatic carbocycles. The molecule has 5 nitrogen and oxygen atoms in total.